The Labute approximate surface area is 114 Å². The molecule has 0 heterocycles. The van der Waals surface area contributed by atoms with Crippen molar-refractivity contribution >= 4 is 17.6 Å². The maximum Gasteiger partial charge on any atom is 0.416 e. The molecule has 0 aliphatic rings. The molecule has 2 nitrogen and oxygen atoms in total. The zero-order valence-electron chi connectivity index (χ0n) is 11.2. The van der Waals surface area contributed by atoms with Crippen LogP contribution in [0.5, 0.6) is 0 Å². The molecular weight excluding hydrogens is 275 g/mol. The summed E-state index contributed by atoms with van der Waals surface area (Å²) in [6, 6.07) is 3.86. The highest BCUT2D eigenvalue weighted by Crippen LogP contribution is 2.32. The fraction of sp³-hybridized carbons (Fsp3) is 0.462. The van der Waals surface area contributed by atoms with Crippen LogP contribution in [-0.2, 0) is 17.5 Å². The van der Waals surface area contributed by atoms with Crippen molar-refractivity contribution in [2.24, 2.45) is 4.40 Å². The molecule has 19 heavy (non-hydrogen) atoms. The van der Waals surface area contributed by atoms with Crippen LogP contribution in [0.4, 0.5) is 13.2 Å². The van der Waals surface area contributed by atoms with E-state index in [2.05, 4.69) is 4.40 Å². The van der Waals surface area contributed by atoms with Gasteiger partial charge in [0.15, 0.2) is 0 Å². The molecule has 0 radical (unpaired) electrons. The van der Waals surface area contributed by atoms with E-state index in [-0.39, 0.29) is 5.56 Å². The summed E-state index contributed by atoms with van der Waals surface area (Å²) in [5.74, 6) is 0. The minimum absolute atomic E-state index is 0.0876. The van der Waals surface area contributed by atoms with Gasteiger partial charge in [0.2, 0.25) is 0 Å². The monoisotopic (exact) mass is 291 g/mol. The fourth-order valence-corrected chi connectivity index (χ4v) is 1.89. The number of rotatable bonds is 2. The normalized spacial score (nSPS) is 14.9. The number of halogens is 3. The Hall–Kier alpha value is -1.01. The average molecular weight is 291 g/mol. The van der Waals surface area contributed by atoms with E-state index < -0.39 is 27.8 Å². The summed E-state index contributed by atoms with van der Waals surface area (Å²) in [5, 5.41) is 0. The lowest BCUT2D eigenvalue weighted by molar-refractivity contribution is -0.138. The van der Waals surface area contributed by atoms with Crippen molar-refractivity contribution in [2.75, 3.05) is 0 Å². The predicted octanol–water partition coefficient (Wildman–Crippen LogP) is 3.89. The summed E-state index contributed by atoms with van der Waals surface area (Å²) in [6.45, 7) is 6.63. The number of alkyl halides is 3. The first-order valence-corrected chi connectivity index (χ1v) is 6.77. The first kappa shape index (κ1) is 16.0. The van der Waals surface area contributed by atoms with Crippen LogP contribution in [0.15, 0.2) is 22.6 Å². The van der Waals surface area contributed by atoms with Crippen LogP contribution < -0.4 is 0 Å². The lowest BCUT2D eigenvalue weighted by atomic mass is 10.0. The maximum absolute atomic E-state index is 12.7. The third-order valence-corrected chi connectivity index (χ3v) is 3.84. The molecule has 0 saturated carbocycles. The Morgan fingerprint density at radius 1 is 1.21 bits per heavy atom. The van der Waals surface area contributed by atoms with Gasteiger partial charge in [-0.3, -0.25) is 0 Å². The second kappa shape index (κ2) is 5.54. The molecule has 0 aliphatic carbocycles. The minimum Gasteiger partial charge on any atom is -0.591 e. The molecule has 0 aromatic heterocycles. The Morgan fingerprint density at radius 3 is 2.26 bits per heavy atom. The molecule has 1 aromatic rings. The molecule has 1 atom stereocenters. The van der Waals surface area contributed by atoms with Gasteiger partial charge in [0.25, 0.3) is 0 Å². The first-order valence-electron chi connectivity index (χ1n) is 5.66. The van der Waals surface area contributed by atoms with E-state index in [9.17, 15) is 17.7 Å². The lowest BCUT2D eigenvalue weighted by Gasteiger charge is -2.18. The van der Waals surface area contributed by atoms with Gasteiger partial charge < -0.3 is 4.55 Å². The van der Waals surface area contributed by atoms with Crippen LogP contribution >= 0.6 is 0 Å². The summed E-state index contributed by atoms with van der Waals surface area (Å²) in [4.78, 5) is 0. The molecule has 0 bridgehead atoms. The van der Waals surface area contributed by atoms with Gasteiger partial charge in [0.1, 0.15) is 16.1 Å². The van der Waals surface area contributed by atoms with Crippen LogP contribution in [-0.4, -0.2) is 15.5 Å². The van der Waals surface area contributed by atoms with E-state index in [0.717, 1.165) is 6.07 Å². The zero-order valence-corrected chi connectivity index (χ0v) is 12.0. The van der Waals surface area contributed by atoms with Crippen molar-refractivity contribution in [3.63, 3.8) is 0 Å². The summed E-state index contributed by atoms with van der Waals surface area (Å²) in [7, 11) is 0. The van der Waals surface area contributed by atoms with Crippen molar-refractivity contribution < 1.29 is 17.7 Å². The van der Waals surface area contributed by atoms with E-state index in [4.69, 9.17) is 0 Å². The number of nitrogens with zero attached hydrogens (tertiary/aromatic N) is 1. The van der Waals surface area contributed by atoms with Crippen molar-refractivity contribution in [3.8, 4) is 0 Å². The summed E-state index contributed by atoms with van der Waals surface area (Å²) in [6.07, 6.45) is -3.15. The van der Waals surface area contributed by atoms with Crippen LogP contribution in [0.3, 0.4) is 0 Å². The summed E-state index contributed by atoms with van der Waals surface area (Å²) in [5.41, 5.74) is -0.282. The molecule has 0 spiro atoms. The molecule has 0 N–H and O–H groups in total. The van der Waals surface area contributed by atoms with Crippen molar-refractivity contribution in [1.82, 2.24) is 0 Å². The number of benzene rings is 1. The highest BCUT2D eigenvalue weighted by Gasteiger charge is 2.32. The summed E-state index contributed by atoms with van der Waals surface area (Å²) < 4.78 is 53.2. The van der Waals surface area contributed by atoms with Gasteiger partial charge in [0, 0.05) is 5.56 Å². The quantitative estimate of drug-likeness (QED) is 0.601. The Morgan fingerprint density at radius 2 is 1.79 bits per heavy atom. The Balaban J connectivity index is 3.08. The molecule has 1 rings (SSSR count). The average Bonchev–Trinajstić information content (AvgIpc) is 2.24. The molecule has 1 unspecified atom stereocenters. The molecular formula is C13H16F3NOS. The smallest absolute Gasteiger partial charge is 0.416 e. The molecule has 1 aromatic carbocycles. The molecule has 106 valence electrons. The van der Waals surface area contributed by atoms with Crippen LogP contribution in [0.1, 0.15) is 37.5 Å². The van der Waals surface area contributed by atoms with E-state index in [0.29, 0.717) is 5.56 Å². The van der Waals surface area contributed by atoms with Crippen molar-refractivity contribution in [1.29, 1.82) is 0 Å². The maximum atomic E-state index is 12.7. The van der Waals surface area contributed by atoms with E-state index in [1.165, 1.54) is 25.3 Å². The van der Waals surface area contributed by atoms with Crippen molar-refractivity contribution in [3.05, 3.63) is 34.9 Å². The third kappa shape index (κ3) is 4.24. The Bertz CT molecular complexity index is 478. The van der Waals surface area contributed by atoms with Gasteiger partial charge in [-0.25, -0.2) is 0 Å². The SMILES string of the molecule is Cc1c(C=N[S+]([O-])C(C)(C)C)cccc1C(F)(F)F. The third-order valence-electron chi connectivity index (χ3n) is 2.49. The van der Waals surface area contributed by atoms with Gasteiger partial charge in [-0.15, -0.1) is 0 Å². The first-order chi connectivity index (χ1) is 8.53. The van der Waals surface area contributed by atoms with Crippen LogP contribution in [0.25, 0.3) is 0 Å². The van der Waals surface area contributed by atoms with Crippen molar-refractivity contribution in [2.45, 2.75) is 38.6 Å². The largest absolute Gasteiger partial charge is 0.591 e. The molecule has 0 aliphatic heterocycles. The molecule has 0 saturated heterocycles. The fourth-order valence-electron chi connectivity index (χ4n) is 1.36. The van der Waals surface area contributed by atoms with E-state index in [1.807, 2.05) is 0 Å². The Kier molecular flexibility index (Phi) is 4.68. The molecule has 6 heteroatoms. The van der Waals surface area contributed by atoms with E-state index in [1.54, 1.807) is 20.8 Å². The minimum atomic E-state index is -4.39. The molecule has 0 amide bonds. The number of hydrogen-bond donors (Lipinski definition) is 0. The summed E-state index contributed by atoms with van der Waals surface area (Å²) >= 11 is -1.49. The van der Waals surface area contributed by atoms with E-state index >= 15 is 0 Å². The lowest BCUT2D eigenvalue weighted by Crippen LogP contribution is -2.25. The second-order valence-electron chi connectivity index (χ2n) is 5.11. The standard InChI is InChI=1S/C13H16F3NOS/c1-9-10(8-17-19(18)12(2,3)4)6-5-7-11(9)13(14,15)16/h5-8H,1-4H3. The highest BCUT2D eigenvalue weighted by atomic mass is 32.2. The highest BCUT2D eigenvalue weighted by molar-refractivity contribution is 7.91. The second-order valence-corrected chi connectivity index (χ2v) is 7.05. The van der Waals surface area contributed by atoms with Gasteiger partial charge >= 0.3 is 6.18 Å². The van der Waals surface area contributed by atoms with Gasteiger partial charge in [0.05, 0.1) is 11.8 Å². The van der Waals surface area contributed by atoms with Gasteiger partial charge in [-0.05, 0) is 39.3 Å². The number of hydrogen-bond acceptors (Lipinski definition) is 2. The molecule has 0 fully saturated rings. The van der Waals surface area contributed by atoms with Crippen LogP contribution in [0, 0.1) is 6.92 Å². The zero-order chi connectivity index (χ0) is 14.8. The van der Waals surface area contributed by atoms with Crippen LogP contribution in [0.2, 0.25) is 0 Å². The van der Waals surface area contributed by atoms with Gasteiger partial charge in [-0.2, -0.15) is 13.2 Å². The topological polar surface area (TPSA) is 35.4 Å². The van der Waals surface area contributed by atoms with Gasteiger partial charge in [-0.1, -0.05) is 16.5 Å². The predicted molar refractivity (Wildman–Crippen MR) is 71.7 cm³/mol.